The summed E-state index contributed by atoms with van der Waals surface area (Å²) in [5.74, 6) is 0. The number of hydrogen-bond donors (Lipinski definition) is 2. The third-order valence-corrected chi connectivity index (χ3v) is 2.94. The third-order valence-electron chi connectivity index (χ3n) is 2.94. The molecule has 3 N–H and O–H groups in total. The molecule has 1 fully saturated rings. The number of carbonyl (C=O) groups is 1. The summed E-state index contributed by atoms with van der Waals surface area (Å²) in [4.78, 5) is 11.6. The Morgan fingerprint density at radius 1 is 1.50 bits per heavy atom. The van der Waals surface area contributed by atoms with Crippen LogP contribution in [0.15, 0.2) is 24.3 Å². The average Bonchev–Trinajstić information content (AvgIpc) is 2.74. The molecule has 5 heteroatoms. The minimum atomic E-state index is -0.496. The number of nitriles is 1. The van der Waals surface area contributed by atoms with Gasteiger partial charge in [0.15, 0.2) is 0 Å². The molecule has 0 aromatic heterocycles. The second-order valence-electron chi connectivity index (χ2n) is 4.42. The first-order valence-corrected chi connectivity index (χ1v) is 5.91. The lowest BCUT2D eigenvalue weighted by atomic mass is 10.2. The highest BCUT2D eigenvalue weighted by atomic mass is 16.6. The summed E-state index contributed by atoms with van der Waals surface area (Å²) < 4.78 is 5.25. The number of ether oxygens (including phenoxy) is 1. The Labute approximate surface area is 106 Å². The summed E-state index contributed by atoms with van der Waals surface area (Å²) in [6.07, 6.45) is 1.82. The molecule has 0 heterocycles. The monoisotopic (exact) mass is 245 g/mol. The zero-order chi connectivity index (χ0) is 13.0. The molecule has 2 rings (SSSR count). The summed E-state index contributed by atoms with van der Waals surface area (Å²) in [6, 6.07) is 8.83. The SMILES string of the molecule is N#Cc1cccc(NC(=O)OC2CCC(N)C2)c1. The summed E-state index contributed by atoms with van der Waals surface area (Å²) in [7, 11) is 0. The molecule has 5 nitrogen and oxygen atoms in total. The van der Waals surface area contributed by atoms with Crippen molar-refractivity contribution in [2.45, 2.75) is 31.4 Å². The molecular weight excluding hydrogens is 230 g/mol. The van der Waals surface area contributed by atoms with Crippen molar-refractivity contribution in [3.05, 3.63) is 29.8 Å². The van der Waals surface area contributed by atoms with Crippen molar-refractivity contribution < 1.29 is 9.53 Å². The number of nitrogens with one attached hydrogen (secondary N) is 1. The highest BCUT2D eigenvalue weighted by Gasteiger charge is 2.24. The van der Waals surface area contributed by atoms with Crippen LogP contribution < -0.4 is 11.1 Å². The van der Waals surface area contributed by atoms with Crippen molar-refractivity contribution in [2.75, 3.05) is 5.32 Å². The highest BCUT2D eigenvalue weighted by molar-refractivity contribution is 5.84. The number of rotatable bonds is 2. The van der Waals surface area contributed by atoms with Gasteiger partial charge >= 0.3 is 6.09 Å². The molecule has 0 spiro atoms. The van der Waals surface area contributed by atoms with Crippen molar-refractivity contribution in [1.82, 2.24) is 0 Å². The molecular formula is C13H15N3O2. The molecule has 1 saturated carbocycles. The molecule has 1 aliphatic carbocycles. The number of hydrogen-bond acceptors (Lipinski definition) is 4. The van der Waals surface area contributed by atoms with Crippen LogP contribution in [-0.2, 0) is 4.74 Å². The normalized spacial score (nSPS) is 22.2. The first kappa shape index (κ1) is 12.4. The Bertz CT molecular complexity index is 481. The van der Waals surface area contributed by atoms with Crippen molar-refractivity contribution in [1.29, 1.82) is 5.26 Å². The van der Waals surface area contributed by atoms with Crippen LogP contribution in [0.3, 0.4) is 0 Å². The second-order valence-corrected chi connectivity index (χ2v) is 4.42. The number of nitrogens with zero attached hydrogens (tertiary/aromatic N) is 1. The minimum absolute atomic E-state index is 0.0980. The molecule has 1 aromatic carbocycles. The van der Waals surface area contributed by atoms with Crippen molar-refractivity contribution in [3.63, 3.8) is 0 Å². The van der Waals surface area contributed by atoms with E-state index >= 15 is 0 Å². The molecule has 18 heavy (non-hydrogen) atoms. The van der Waals surface area contributed by atoms with Crippen molar-refractivity contribution in [2.24, 2.45) is 5.73 Å². The van der Waals surface area contributed by atoms with Crippen LogP contribution in [0.5, 0.6) is 0 Å². The fourth-order valence-corrected chi connectivity index (χ4v) is 2.05. The van der Waals surface area contributed by atoms with Gasteiger partial charge in [0.2, 0.25) is 0 Å². The fourth-order valence-electron chi connectivity index (χ4n) is 2.05. The van der Waals surface area contributed by atoms with Gasteiger partial charge in [0.05, 0.1) is 11.6 Å². The fraction of sp³-hybridized carbons (Fsp3) is 0.385. The van der Waals surface area contributed by atoms with Crippen LogP contribution in [0.1, 0.15) is 24.8 Å². The molecule has 1 aromatic rings. The molecule has 0 aliphatic heterocycles. The lowest BCUT2D eigenvalue weighted by Crippen LogP contribution is -2.22. The van der Waals surface area contributed by atoms with E-state index in [1.165, 1.54) is 0 Å². The number of benzene rings is 1. The van der Waals surface area contributed by atoms with Gasteiger partial charge in [-0.15, -0.1) is 0 Å². The molecule has 2 unspecified atom stereocenters. The van der Waals surface area contributed by atoms with E-state index in [2.05, 4.69) is 5.32 Å². The van der Waals surface area contributed by atoms with Gasteiger partial charge in [0.1, 0.15) is 6.10 Å². The third kappa shape index (κ3) is 3.22. The molecule has 1 amide bonds. The molecule has 0 saturated heterocycles. The van der Waals surface area contributed by atoms with Gasteiger partial charge in [-0.3, -0.25) is 5.32 Å². The Morgan fingerprint density at radius 2 is 2.33 bits per heavy atom. The van der Waals surface area contributed by atoms with E-state index in [1.807, 2.05) is 6.07 Å². The first-order chi connectivity index (χ1) is 8.67. The Hall–Kier alpha value is -2.06. The highest BCUT2D eigenvalue weighted by Crippen LogP contribution is 2.21. The number of carbonyl (C=O) groups excluding carboxylic acids is 1. The molecule has 1 aliphatic rings. The number of nitrogens with two attached hydrogens (primary N) is 1. The van der Waals surface area contributed by atoms with Crippen LogP contribution in [-0.4, -0.2) is 18.2 Å². The summed E-state index contributed by atoms with van der Waals surface area (Å²) in [5, 5.41) is 11.4. The molecule has 2 atom stereocenters. The maximum Gasteiger partial charge on any atom is 0.411 e. The Morgan fingerprint density at radius 3 is 3.00 bits per heavy atom. The summed E-state index contributed by atoms with van der Waals surface area (Å²) in [5.41, 5.74) is 6.80. The van der Waals surface area contributed by atoms with Gasteiger partial charge in [-0.25, -0.2) is 4.79 Å². The van der Waals surface area contributed by atoms with E-state index < -0.39 is 6.09 Å². The number of amides is 1. The van der Waals surface area contributed by atoms with Gasteiger partial charge in [-0.2, -0.15) is 5.26 Å². The zero-order valence-electron chi connectivity index (χ0n) is 9.93. The topological polar surface area (TPSA) is 88.1 Å². The van der Waals surface area contributed by atoms with Crippen LogP contribution >= 0.6 is 0 Å². The van der Waals surface area contributed by atoms with Gasteiger partial charge in [-0.05, 0) is 37.5 Å². The van der Waals surface area contributed by atoms with Crippen LogP contribution in [0.25, 0.3) is 0 Å². The van der Waals surface area contributed by atoms with Crippen molar-refractivity contribution >= 4 is 11.8 Å². The van der Waals surface area contributed by atoms with E-state index in [-0.39, 0.29) is 12.1 Å². The van der Waals surface area contributed by atoms with Crippen LogP contribution in [0, 0.1) is 11.3 Å². The lowest BCUT2D eigenvalue weighted by Gasteiger charge is -2.12. The Balaban J connectivity index is 1.89. The minimum Gasteiger partial charge on any atom is -0.446 e. The van der Waals surface area contributed by atoms with Crippen LogP contribution in [0.2, 0.25) is 0 Å². The summed E-state index contributed by atoms with van der Waals surface area (Å²) in [6.45, 7) is 0. The van der Waals surface area contributed by atoms with E-state index in [4.69, 9.17) is 15.7 Å². The van der Waals surface area contributed by atoms with E-state index in [0.717, 1.165) is 12.8 Å². The molecule has 0 bridgehead atoms. The smallest absolute Gasteiger partial charge is 0.411 e. The van der Waals surface area contributed by atoms with Crippen LogP contribution in [0.4, 0.5) is 10.5 Å². The summed E-state index contributed by atoms with van der Waals surface area (Å²) >= 11 is 0. The van der Waals surface area contributed by atoms with Crippen molar-refractivity contribution in [3.8, 4) is 6.07 Å². The number of anilines is 1. The molecule has 94 valence electrons. The predicted molar refractivity (Wildman–Crippen MR) is 66.9 cm³/mol. The maximum absolute atomic E-state index is 11.6. The predicted octanol–water partition coefficient (Wildman–Crippen LogP) is 1.99. The van der Waals surface area contributed by atoms with E-state index in [1.54, 1.807) is 24.3 Å². The van der Waals surface area contributed by atoms with Gasteiger partial charge in [-0.1, -0.05) is 6.07 Å². The van der Waals surface area contributed by atoms with Gasteiger partial charge in [0.25, 0.3) is 0 Å². The van der Waals surface area contributed by atoms with Gasteiger partial charge < -0.3 is 10.5 Å². The maximum atomic E-state index is 11.6. The van der Waals surface area contributed by atoms with Gasteiger partial charge in [0, 0.05) is 11.7 Å². The standard InChI is InChI=1S/C13H15N3O2/c14-8-9-2-1-3-11(6-9)16-13(17)18-12-5-4-10(15)7-12/h1-3,6,10,12H,4-5,7,15H2,(H,16,17). The second kappa shape index (κ2) is 5.52. The van der Waals surface area contributed by atoms with E-state index in [9.17, 15) is 4.79 Å². The molecule has 0 radical (unpaired) electrons. The zero-order valence-corrected chi connectivity index (χ0v) is 9.93. The largest absolute Gasteiger partial charge is 0.446 e. The first-order valence-electron chi connectivity index (χ1n) is 5.91. The van der Waals surface area contributed by atoms with E-state index in [0.29, 0.717) is 17.7 Å². The quantitative estimate of drug-likeness (QED) is 0.833. The Kier molecular flexibility index (Phi) is 3.80. The lowest BCUT2D eigenvalue weighted by molar-refractivity contribution is 0.114. The average molecular weight is 245 g/mol.